The van der Waals surface area contributed by atoms with Crippen molar-refractivity contribution in [2.45, 2.75) is 33.4 Å². The average Bonchev–Trinajstić information content (AvgIpc) is 2.76. The third-order valence-corrected chi connectivity index (χ3v) is 5.81. The predicted molar refractivity (Wildman–Crippen MR) is 124 cm³/mol. The van der Waals surface area contributed by atoms with E-state index in [-0.39, 0.29) is 12.4 Å². The fourth-order valence-electron chi connectivity index (χ4n) is 3.63. The van der Waals surface area contributed by atoms with Crippen LogP contribution in [0.25, 0.3) is 10.8 Å². The van der Waals surface area contributed by atoms with Gasteiger partial charge in [-0.05, 0) is 61.6 Å². The van der Waals surface area contributed by atoms with Crippen LogP contribution < -0.4 is 10.1 Å². The minimum Gasteiger partial charge on any atom is -0.488 e. The topological polar surface area (TPSA) is 24.5 Å². The van der Waals surface area contributed by atoms with Gasteiger partial charge in [0.2, 0.25) is 0 Å². The maximum absolute atomic E-state index is 14.1. The SMILES string of the molecule is CCN(CC)CCCNCc1c(OCc2c(F)cccc2Cl)ccc2ccccc12. The Morgan fingerprint density at radius 2 is 1.77 bits per heavy atom. The maximum Gasteiger partial charge on any atom is 0.131 e. The van der Waals surface area contributed by atoms with Crippen LogP contribution in [0.15, 0.2) is 54.6 Å². The fourth-order valence-corrected chi connectivity index (χ4v) is 3.85. The Hall–Kier alpha value is -2.14. The quantitative estimate of drug-likeness (QED) is 0.377. The van der Waals surface area contributed by atoms with E-state index in [1.54, 1.807) is 12.1 Å². The highest BCUT2D eigenvalue weighted by molar-refractivity contribution is 6.31. The molecule has 0 aliphatic carbocycles. The Bertz CT molecular complexity index is 939. The van der Waals surface area contributed by atoms with E-state index in [1.807, 2.05) is 24.3 Å². The van der Waals surface area contributed by atoms with Crippen molar-refractivity contribution in [3.05, 3.63) is 76.6 Å². The third-order valence-electron chi connectivity index (χ3n) is 5.46. The van der Waals surface area contributed by atoms with E-state index in [9.17, 15) is 4.39 Å². The van der Waals surface area contributed by atoms with E-state index >= 15 is 0 Å². The number of hydrogen-bond acceptors (Lipinski definition) is 3. The second-order valence-electron chi connectivity index (χ2n) is 7.31. The molecule has 3 aromatic rings. The number of nitrogens with one attached hydrogen (secondary N) is 1. The molecule has 0 radical (unpaired) electrons. The summed E-state index contributed by atoms with van der Waals surface area (Å²) in [5.74, 6) is 0.406. The summed E-state index contributed by atoms with van der Waals surface area (Å²) in [6, 6.07) is 17.0. The molecule has 0 atom stereocenters. The first kappa shape index (κ1) is 22.5. The first-order chi connectivity index (χ1) is 14.6. The monoisotopic (exact) mass is 428 g/mol. The van der Waals surface area contributed by atoms with Gasteiger partial charge in [-0.1, -0.05) is 61.8 Å². The smallest absolute Gasteiger partial charge is 0.131 e. The van der Waals surface area contributed by atoms with E-state index in [0.29, 0.717) is 17.1 Å². The van der Waals surface area contributed by atoms with Crippen LogP contribution in [-0.2, 0) is 13.2 Å². The van der Waals surface area contributed by atoms with Gasteiger partial charge >= 0.3 is 0 Å². The lowest BCUT2D eigenvalue weighted by atomic mass is 10.0. The molecule has 30 heavy (non-hydrogen) atoms. The zero-order valence-corrected chi connectivity index (χ0v) is 18.5. The Morgan fingerprint density at radius 3 is 2.53 bits per heavy atom. The molecule has 0 heterocycles. The van der Waals surface area contributed by atoms with Crippen molar-refractivity contribution in [2.24, 2.45) is 0 Å². The summed E-state index contributed by atoms with van der Waals surface area (Å²) in [6.45, 7) is 9.35. The van der Waals surface area contributed by atoms with Crippen LogP contribution in [0.2, 0.25) is 5.02 Å². The molecular formula is C25H30ClFN2O. The van der Waals surface area contributed by atoms with Gasteiger partial charge in [0.1, 0.15) is 18.2 Å². The highest BCUT2D eigenvalue weighted by atomic mass is 35.5. The molecule has 3 rings (SSSR count). The molecule has 0 unspecified atom stereocenters. The summed E-state index contributed by atoms with van der Waals surface area (Å²) in [6.07, 6.45) is 1.09. The summed E-state index contributed by atoms with van der Waals surface area (Å²) in [7, 11) is 0. The number of nitrogens with zero attached hydrogens (tertiary/aromatic N) is 1. The minimum absolute atomic E-state index is 0.0960. The van der Waals surface area contributed by atoms with Crippen molar-refractivity contribution in [1.29, 1.82) is 0 Å². The van der Waals surface area contributed by atoms with E-state index in [1.165, 1.54) is 6.07 Å². The molecule has 0 aromatic heterocycles. The van der Waals surface area contributed by atoms with Gasteiger partial charge in [0.25, 0.3) is 0 Å². The molecule has 0 aliphatic heterocycles. The lowest BCUT2D eigenvalue weighted by Crippen LogP contribution is -2.27. The largest absolute Gasteiger partial charge is 0.488 e. The highest BCUT2D eigenvalue weighted by Crippen LogP contribution is 2.30. The Balaban J connectivity index is 1.72. The van der Waals surface area contributed by atoms with Crippen molar-refractivity contribution in [3.63, 3.8) is 0 Å². The first-order valence-electron chi connectivity index (χ1n) is 10.6. The molecule has 0 saturated heterocycles. The molecule has 0 fully saturated rings. The number of hydrogen-bond donors (Lipinski definition) is 1. The van der Waals surface area contributed by atoms with Crippen LogP contribution in [0.4, 0.5) is 4.39 Å². The van der Waals surface area contributed by atoms with E-state index in [2.05, 4.69) is 36.2 Å². The average molecular weight is 429 g/mol. The summed E-state index contributed by atoms with van der Waals surface area (Å²) in [4.78, 5) is 2.42. The number of ether oxygens (including phenoxy) is 1. The lowest BCUT2D eigenvalue weighted by molar-refractivity contribution is 0.293. The molecule has 0 spiro atoms. The summed E-state index contributed by atoms with van der Waals surface area (Å²) >= 11 is 6.16. The molecule has 0 saturated carbocycles. The molecule has 3 nitrogen and oxygen atoms in total. The summed E-state index contributed by atoms with van der Waals surface area (Å²) in [5.41, 5.74) is 1.47. The normalized spacial score (nSPS) is 11.4. The summed E-state index contributed by atoms with van der Waals surface area (Å²) in [5, 5.41) is 6.24. The highest BCUT2D eigenvalue weighted by Gasteiger charge is 2.12. The van der Waals surface area contributed by atoms with Gasteiger partial charge in [-0.2, -0.15) is 0 Å². The van der Waals surface area contributed by atoms with Crippen molar-refractivity contribution >= 4 is 22.4 Å². The number of halogens is 2. The zero-order chi connectivity index (χ0) is 21.3. The van der Waals surface area contributed by atoms with E-state index < -0.39 is 0 Å². The van der Waals surface area contributed by atoms with Gasteiger partial charge in [0.05, 0.1) is 5.02 Å². The van der Waals surface area contributed by atoms with Crippen molar-refractivity contribution in [1.82, 2.24) is 10.2 Å². The Kier molecular flexibility index (Phi) is 8.50. The Labute approximate surface area is 183 Å². The van der Waals surface area contributed by atoms with Gasteiger partial charge in [-0.15, -0.1) is 0 Å². The van der Waals surface area contributed by atoms with Gasteiger partial charge in [0, 0.05) is 17.7 Å². The Morgan fingerprint density at radius 1 is 0.967 bits per heavy atom. The van der Waals surface area contributed by atoms with Crippen molar-refractivity contribution < 1.29 is 9.13 Å². The summed E-state index contributed by atoms with van der Waals surface area (Å²) < 4.78 is 20.2. The van der Waals surface area contributed by atoms with Gasteiger partial charge in [-0.3, -0.25) is 0 Å². The van der Waals surface area contributed by atoms with Crippen LogP contribution in [-0.4, -0.2) is 31.1 Å². The number of rotatable bonds is 11. The van der Waals surface area contributed by atoms with Crippen LogP contribution in [0.1, 0.15) is 31.4 Å². The standard InChI is InChI=1S/C25H30ClFN2O/c1-3-29(4-2)16-8-15-28-17-21-20-10-6-5-9-19(20)13-14-25(21)30-18-22-23(26)11-7-12-24(22)27/h5-7,9-14,28H,3-4,8,15-18H2,1-2H3. The second kappa shape index (κ2) is 11.3. The van der Waals surface area contributed by atoms with Crippen LogP contribution in [0, 0.1) is 5.82 Å². The molecule has 1 N–H and O–H groups in total. The van der Waals surface area contributed by atoms with Crippen LogP contribution >= 0.6 is 11.6 Å². The zero-order valence-electron chi connectivity index (χ0n) is 17.8. The van der Waals surface area contributed by atoms with Crippen molar-refractivity contribution in [3.8, 4) is 5.75 Å². The second-order valence-corrected chi connectivity index (χ2v) is 7.72. The van der Waals surface area contributed by atoms with Crippen LogP contribution in [0.3, 0.4) is 0 Å². The predicted octanol–water partition coefficient (Wildman–Crippen LogP) is 6.03. The van der Waals surface area contributed by atoms with E-state index in [0.717, 1.165) is 54.7 Å². The molecule has 160 valence electrons. The van der Waals surface area contributed by atoms with E-state index in [4.69, 9.17) is 16.3 Å². The third kappa shape index (κ3) is 5.72. The lowest BCUT2D eigenvalue weighted by Gasteiger charge is -2.18. The first-order valence-corrected chi connectivity index (χ1v) is 11.0. The molecule has 0 bridgehead atoms. The fraction of sp³-hybridized carbons (Fsp3) is 0.360. The molecule has 5 heteroatoms. The molecular weight excluding hydrogens is 399 g/mol. The van der Waals surface area contributed by atoms with Crippen LogP contribution in [0.5, 0.6) is 5.75 Å². The maximum atomic E-state index is 14.1. The van der Waals surface area contributed by atoms with Gasteiger partial charge in [-0.25, -0.2) is 4.39 Å². The molecule has 3 aromatic carbocycles. The number of fused-ring (bicyclic) bond motifs is 1. The number of benzene rings is 3. The minimum atomic E-state index is -0.348. The van der Waals surface area contributed by atoms with Crippen molar-refractivity contribution in [2.75, 3.05) is 26.2 Å². The molecule has 0 amide bonds. The van der Waals surface area contributed by atoms with Gasteiger partial charge < -0.3 is 15.0 Å². The molecule has 0 aliphatic rings. The van der Waals surface area contributed by atoms with Gasteiger partial charge in [0.15, 0.2) is 0 Å².